The molecule has 1 atom stereocenters. The molecule has 1 aromatic carbocycles. The molecule has 0 aromatic heterocycles. The Balaban J connectivity index is 2.29. The molecule has 1 aromatic rings. The van der Waals surface area contributed by atoms with Gasteiger partial charge in [-0.1, -0.05) is 25.1 Å². The van der Waals surface area contributed by atoms with Crippen LogP contribution in [0.1, 0.15) is 18.9 Å². The maximum atomic E-state index is 11.9. The standard InChI is InChI=1S/C13H14ClNO2/c1-2-9-5-3-4-6-11(9)15-8-10(13(14)17)7-12(15)16/h3-6,10H,2,7-8H2,1H3/t10-/m1/s1. The van der Waals surface area contributed by atoms with Crippen LogP contribution >= 0.6 is 11.6 Å². The van der Waals surface area contributed by atoms with Gasteiger partial charge in [0.15, 0.2) is 0 Å². The molecule has 1 aliphatic rings. The van der Waals surface area contributed by atoms with Crippen molar-refractivity contribution in [2.75, 3.05) is 11.4 Å². The Morgan fingerprint density at radius 3 is 2.76 bits per heavy atom. The summed E-state index contributed by atoms with van der Waals surface area (Å²) in [6.07, 6.45) is 1.08. The van der Waals surface area contributed by atoms with E-state index in [-0.39, 0.29) is 18.2 Å². The van der Waals surface area contributed by atoms with Crippen LogP contribution in [0.4, 0.5) is 5.69 Å². The van der Waals surface area contributed by atoms with Gasteiger partial charge in [-0.2, -0.15) is 0 Å². The smallest absolute Gasteiger partial charge is 0.227 e. The van der Waals surface area contributed by atoms with Crippen LogP contribution in [0, 0.1) is 5.92 Å². The van der Waals surface area contributed by atoms with E-state index in [1.807, 2.05) is 31.2 Å². The normalized spacial score (nSPS) is 19.8. The van der Waals surface area contributed by atoms with Gasteiger partial charge in [-0.15, -0.1) is 0 Å². The number of carbonyl (C=O) groups is 2. The van der Waals surface area contributed by atoms with Crippen LogP contribution < -0.4 is 4.90 Å². The minimum Gasteiger partial charge on any atom is -0.311 e. The molecular weight excluding hydrogens is 238 g/mol. The van der Waals surface area contributed by atoms with E-state index in [0.717, 1.165) is 17.7 Å². The number of amides is 1. The lowest BCUT2D eigenvalue weighted by molar-refractivity contribution is -0.120. The quantitative estimate of drug-likeness (QED) is 0.774. The lowest BCUT2D eigenvalue weighted by Crippen LogP contribution is -2.26. The maximum absolute atomic E-state index is 11.9. The van der Waals surface area contributed by atoms with Crippen molar-refractivity contribution in [1.29, 1.82) is 0 Å². The number of benzene rings is 1. The number of nitrogens with zero attached hydrogens (tertiary/aromatic N) is 1. The number of anilines is 1. The summed E-state index contributed by atoms with van der Waals surface area (Å²) in [5, 5.41) is -0.421. The van der Waals surface area contributed by atoms with Gasteiger partial charge in [-0.05, 0) is 29.7 Å². The molecule has 1 saturated heterocycles. The zero-order valence-electron chi connectivity index (χ0n) is 9.65. The van der Waals surface area contributed by atoms with E-state index in [0.29, 0.717) is 6.54 Å². The van der Waals surface area contributed by atoms with Crippen LogP contribution in [-0.4, -0.2) is 17.7 Å². The van der Waals surface area contributed by atoms with Gasteiger partial charge in [0.25, 0.3) is 0 Å². The number of para-hydroxylation sites is 1. The largest absolute Gasteiger partial charge is 0.311 e. The number of rotatable bonds is 3. The Morgan fingerprint density at radius 2 is 2.18 bits per heavy atom. The third kappa shape index (κ3) is 2.34. The Kier molecular flexibility index (Phi) is 3.48. The van der Waals surface area contributed by atoms with E-state index in [1.165, 1.54) is 0 Å². The number of hydrogen-bond acceptors (Lipinski definition) is 2. The highest BCUT2D eigenvalue weighted by Crippen LogP contribution is 2.29. The molecule has 1 amide bonds. The lowest BCUT2D eigenvalue weighted by atomic mass is 10.1. The SMILES string of the molecule is CCc1ccccc1N1C[C@H](C(=O)Cl)CC1=O. The summed E-state index contributed by atoms with van der Waals surface area (Å²) in [6.45, 7) is 2.45. The highest BCUT2D eigenvalue weighted by atomic mass is 35.5. The van der Waals surface area contributed by atoms with Crippen LogP contribution in [0.3, 0.4) is 0 Å². The van der Waals surface area contributed by atoms with Gasteiger partial charge in [0.1, 0.15) is 0 Å². The molecule has 4 heteroatoms. The predicted molar refractivity (Wildman–Crippen MR) is 67.1 cm³/mol. The Morgan fingerprint density at radius 1 is 1.47 bits per heavy atom. The lowest BCUT2D eigenvalue weighted by Gasteiger charge is -2.19. The summed E-state index contributed by atoms with van der Waals surface area (Å²) in [4.78, 5) is 24.7. The molecule has 3 nitrogen and oxygen atoms in total. The van der Waals surface area contributed by atoms with E-state index in [4.69, 9.17) is 11.6 Å². The van der Waals surface area contributed by atoms with Crippen LogP contribution in [-0.2, 0) is 16.0 Å². The number of aryl methyl sites for hydroxylation is 1. The first-order valence-corrected chi connectivity index (χ1v) is 6.09. The van der Waals surface area contributed by atoms with Gasteiger partial charge in [-0.25, -0.2) is 0 Å². The Hall–Kier alpha value is -1.35. The summed E-state index contributed by atoms with van der Waals surface area (Å²) in [5.74, 6) is -0.390. The molecule has 0 radical (unpaired) electrons. The average Bonchev–Trinajstić information content (AvgIpc) is 2.71. The van der Waals surface area contributed by atoms with Gasteiger partial charge in [0.2, 0.25) is 11.1 Å². The highest BCUT2D eigenvalue weighted by molar-refractivity contribution is 6.64. The minimum absolute atomic E-state index is 0.0232. The average molecular weight is 252 g/mol. The predicted octanol–water partition coefficient (Wildman–Crippen LogP) is 2.37. The molecule has 0 N–H and O–H groups in total. The van der Waals surface area contributed by atoms with Crippen molar-refractivity contribution in [2.45, 2.75) is 19.8 Å². The van der Waals surface area contributed by atoms with Crippen LogP contribution in [0.2, 0.25) is 0 Å². The molecule has 1 heterocycles. The molecule has 0 unspecified atom stereocenters. The molecule has 1 fully saturated rings. The van der Waals surface area contributed by atoms with E-state index >= 15 is 0 Å². The third-order valence-corrected chi connectivity index (χ3v) is 3.42. The molecule has 17 heavy (non-hydrogen) atoms. The number of halogens is 1. The summed E-state index contributed by atoms with van der Waals surface area (Å²) < 4.78 is 0. The first kappa shape index (κ1) is 12.1. The minimum atomic E-state index is -0.421. The first-order chi connectivity index (χ1) is 8.13. The second kappa shape index (κ2) is 4.88. The van der Waals surface area contributed by atoms with Crippen LogP contribution in [0.5, 0.6) is 0 Å². The monoisotopic (exact) mass is 251 g/mol. The summed E-state index contributed by atoms with van der Waals surface area (Å²) in [5.41, 5.74) is 2.02. The topological polar surface area (TPSA) is 37.4 Å². The molecule has 1 aliphatic heterocycles. The van der Waals surface area contributed by atoms with Crippen molar-refractivity contribution < 1.29 is 9.59 Å². The maximum Gasteiger partial charge on any atom is 0.227 e. The molecular formula is C13H14ClNO2. The van der Waals surface area contributed by atoms with Gasteiger partial charge >= 0.3 is 0 Å². The number of carbonyl (C=O) groups excluding carboxylic acids is 2. The summed E-state index contributed by atoms with van der Waals surface area (Å²) >= 11 is 5.46. The van der Waals surface area contributed by atoms with E-state index in [1.54, 1.807) is 4.90 Å². The molecule has 2 rings (SSSR count). The second-order valence-corrected chi connectivity index (χ2v) is 4.56. The number of hydrogen-bond donors (Lipinski definition) is 0. The van der Waals surface area contributed by atoms with E-state index in [9.17, 15) is 9.59 Å². The van der Waals surface area contributed by atoms with Gasteiger partial charge in [0.05, 0.1) is 5.92 Å². The van der Waals surface area contributed by atoms with E-state index in [2.05, 4.69) is 0 Å². The summed E-state index contributed by atoms with van der Waals surface area (Å²) in [6, 6.07) is 7.76. The molecule has 0 spiro atoms. The zero-order chi connectivity index (χ0) is 12.4. The fraction of sp³-hybridized carbons (Fsp3) is 0.385. The fourth-order valence-electron chi connectivity index (χ4n) is 2.17. The van der Waals surface area contributed by atoms with Crippen molar-refractivity contribution in [3.8, 4) is 0 Å². The molecule has 0 aliphatic carbocycles. The van der Waals surface area contributed by atoms with Crippen LogP contribution in [0.15, 0.2) is 24.3 Å². The molecule has 0 bridgehead atoms. The van der Waals surface area contributed by atoms with E-state index < -0.39 is 5.24 Å². The fourth-order valence-corrected chi connectivity index (χ4v) is 2.31. The Bertz CT molecular complexity index is 458. The van der Waals surface area contributed by atoms with Crippen molar-refractivity contribution >= 4 is 28.4 Å². The van der Waals surface area contributed by atoms with Gasteiger partial charge in [-0.3, -0.25) is 9.59 Å². The first-order valence-electron chi connectivity index (χ1n) is 5.71. The summed E-state index contributed by atoms with van der Waals surface area (Å²) in [7, 11) is 0. The molecule has 0 saturated carbocycles. The third-order valence-electron chi connectivity index (χ3n) is 3.11. The van der Waals surface area contributed by atoms with Crippen LogP contribution in [0.25, 0.3) is 0 Å². The molecule has 90 valence electrons. The van der Waals surface area contributed by atoms with Crippen molar-refractivity contribution in [2.24, 2.45) is 5.92 Å². The second-order valence-electron chi connectivity index (χ2n) is 4.19. The van der Waals surface area contributed by atoms with Crippen molar-refractivity contribution in [1.82, 2.24) is 0 Å². The zero-order valence-corrected chi connectivity index (χ0v) is 10.4. The van der Waals surface area contributed by atoms with Crippen molar-refractivity contribution in [3.05, 3.63) is 29.8 Å². The highest BCUT2D eigenvalue weighted by Gasteiger charge is 2.34. The van der Waals surface area contributed by atoms with Crippen molar-refractivity contribution in [3.63, 3.8) is 0 Å². The van der Waals surface area contributed by atoms with Gasteiger partial charge < -0.3 is 4.90 Å². The Labute approximate surface area is 105 Å². The van der Waals surface area contributed by atoms with Gasteiger partial charge in [0, 0.05) is 18.7 Å².